The summed E-state index contributed by atoms with van der Waals surface area (Å²) in [6.45, 7) is 18.0. The Morgan fingerprint density at radius 3 is 2.03 bits per heavy atom. The molecule has 76 heavy (non-hydrogen) atoms. The van der Waals surface area contributed by atoms with Gasteiger partial charge in [0.25, 0.3) is 17.7 Å². The van der Waals surface area contributed by atoms with E-state index in [1.165, 1.54) is 43.2 Å². The summed E-state index contributed by atoms with van der Waals surface area (Å²) in [7, 11) is 0.921. The third-order valence-electron chi connectivity index (χ3n) is 12.4. The van der Waals surface area contributed by atoms with E-state index in [4.69, 9.17) is 10.5 Å². The summed E-state index contributed by atoms with van der Waals surface area (Å²) in [6.07, 6.45) is 3.92. The van der Waals surface area contributed by atoms with Crippen LogP contribution >= 0.6 is 0 Å². The highest BCUT2D eigenvalue weighted by Crippen LogP contribution is 2.29. The number of hydrogen-bond donors (Lipinski definition) is 8. The highest BCUT2D eigenvalue weighted by atomic mass is 32.2. The van der Waals surface area contributed by atoms with Crippen LogP contribution in [0.2, 0.25) is 0 Å². The summed E-state index contributed by atoms with van der Waals surface area (Å²) in [4.78, 5) is 118. The lowest BCUT2D eigenvalue weighted by atomic mass is 9.76. The van der Waals surface area contributed by atoms with Crippen LogP contribution in [0.4, 0.5) is 14.9 Å². The van der Waals surface area contributed by atoms with Crippen molar-refractivity contribution in [1.82, 2.24) is 41.1 Å². The van der Waals surface area contributed by atoms with Gasteiger partial charge >= 0.3 is 6.03 Å². The molecule has 0 saturated carbocycles. The second-order valence-electron chi connectivity index (χ2n) is 22.0. The Kier molecular flexibility index (Phi) is 23.2. The summed E-state index contributed by atoms with van der Waals surface area (Å²) >= 11 is 0. The topological polar surface area (TPSA) is 297 Å². The minimum Gasteiger partial charge on any atom is -0.380 e. The molecular formula is C53H77FN10O11S. The molecule has 418 valence electrons. The zero-order valence-corrected chi connectivity index (χ0v) is 46.5. The molecule has 1 aliphatic heterocycles. The van der Waals surface area contributed by atoms with Crippen molar-refractivity contribution in [2.24, 2.45) is 22.0 Å². The number of urea groups is 1. The number of nitrogens with two attached hydrogens (primary N) is 1. The Morgan fingerprint density at radius 2 is 1.45 bits per heavy atom. The third kappa shape index (κ3) is 19.7. The highest BCUT2D eigenvalue weighted by molar-refractivity contribution is 7.83. The van der Waals surface area contributed by atoms with E-state index in [1.807, 2.05) is 78.8 Å². The molecule has 0 aliphatic carbocycles. The number of amides is 10. The molecule has 4 atom stereocenters. The average Bonchev–Trinajstić information content (AvgIpc) is 3.64. The average molecular weight is 1080 g/mol. The fourth-order valence-electron chi connectivity index (χ4n) is 7.98. The number of halogens is 1. The SMILES string of the molecule is CNC(C(=O)NC(C(=O)N(C)C/C=C(\C)C(=O)NS(=O)c1ccc(NC(=O)C(CCCNC(N)=O)NC(=O)CNC(=O)CC(C)(C)COCC(C)(C)CN2C(=O)C=CC2=O)c(F)c1)C(C)(C)C)C(C)(C)c1ccccc1. The van der Waals surface area contributed by atoms with Crippen LogP contribution in [0.5, 0.6) is 0 Å². The highest BCUT2D eigenvalue weighted by Gasteiger charge is 2.41. The first-order valence-electron chi connectivity index (χ1n) is 24.8. The standard InChI is InChI=1S/C53H77FN10O11S/c1-33(24-26-63(12)48(72)44(50(2,3)4)61-47(71)43(56-11)53(9,10)34-17-14-13-15-18-34)45(69)62-76(74)35-20-21-37(36(54)27-35)60-46(70)38(19-16-25-57-49(55)73)59-40(66)29-58-39(65)28-51(5,6)31-75-32-52(7,8)30-64-41(67)22-23-42(64)68/h13-15,17-18,20-24,27,38,43-44,56H,16,19,25-26,28-32H2,1-12H3,(H,58,65)(H,59,66)(H,60,70)(H,61,71)(H,62,69)(H3,55,57,73)/b33-24+. The number of carbonyl (C=O) groups is 9. The molecule has 0 radical (unpaired) electrons. The van der Waals surface area contributed by atoms with Gasteiger partial charge in [0, 0.05) is 61.7 Å². The second-order valence-corrected chi connectivity index (χ2v) is 23.2. The molecule has 9 N–H and O–H groups in total. The molecule has 0 bridgehead atoms. The summed E-state index contributed by atoms with van der Waals surface area (Å²) in [5.41, 5.74) is 3.20. The lowest BCUT2D eigenvalue weighted by molar-refractivity contribution is -0.139. The van der Waals surface area contributed by atoms with Gasteiger partial charge in [0.05, 0.1) is 36.4 Å². The molecular weight excluding hydrogens is 1000 g/mol. The first-order chi connectivity index (χ1) is 35.3. The number of ether oxygens (including phenoxy) is 1. The smallest absolute Gasteiger partial charge is 0.312 e. The molecule has 3 rings (SSSR count). The molecule has 21 nitrogen and oxygen atoms in total. The van der Waals surface area contributed by atoms with Gasteiger partial charge < -0.3 is 47.3 Å². The Hall–Kier alpha value is -6.85. The Bertz CT molecular complexity index is 2530. The predicted octanol–water partition coefficient (Wildman–Crippen LogP) is 2.84. The number of anilines is 1. The van der Waals surface area contributed by atoms with Crippen LogP contribution < -0.4 is 42.4 Å². The molecule has 0 saturated heterocycles. The van der Waals surface area contributed by atoms with Gasteiger partial charge in [0.2, 0.25) is 29.5 Å². The van der Waals surface area contributed by atoms with E-state index in [-0.39, 0.29) is 74.2 Å². The molecule has 0 spiro atoms. The lowest BCUT2D eigenvalue weighted by Crippen LogP contribution is -2.60. The summed E-state index contributed by atoms with van der Waals surface area (Å²) in [6, 6.07) is 8.99. The van der Waals surface area contributed by atoms with Gasteiger partial charge in [-0.25, -0.2) is 13.4 Å². The first kappa shape index (κ1) is 63.4. The van der Waals surface area contributed by atoms with Crippen LogP contribution in [0.15, 0.2) is 77.2 Å². The van der Waals surface area contributed by atoms with Crippen LogP contribution in [0.1, 0.15) is 94.1 Å². The number of imide groups is 1. The van der Waals surface area contributed by atoms with E-state index >= 15 is 4.39 Å². The monoisotopic (exact) mass is 1080 g/mol. The number of nitrogens with one attached hydrogen (secondary N) is 7. The first-order valence-corrected chi connectivity index (χ1v) is 25.9. The van der Waals surface area contributed by atoms with Crippen molar-refractivity contribution >= 4 is 70.0 Å². The quantitative estimate of drug-likeness (QED) is 0.0347. The van der Waals surface area contributed by atoms with Crippen LogP contribution in [-0.4, -0.2) is 139 Å². The minimum absolute atomic E-state index is 0.0410. The van der Waals surface area contributed by atoms with Gasteiger partial charge in [-0.05, 0) is 61.4 Å². The molecule has 0 fully saturated rings. The number of carbonyl (C=O) groups excluding carboxylic acids is 9. The fraction of sp³-hybridized carbons (Fsp3) is 0.528. The minimum atomic E-state index is -2.28. The zero-order chi connectivity index (χ0) is 57.3. The summed E-state index contributed by atoms with van der Waals surface area (Å²) in [5.74, 6) is -5.49. The van der Waals surface area contributed by atoms with Crippen LogP contribution in [0, 0.1) is 22.1 Å². The molecule has 10 amide bonds. The van der Waals surface area contributed by atoms with E-state index < -0.39 is 111 Å². The van der Waals surface area contributed by atoms with Crippen molar-refractivity contribution in [2.45, 2.75) is 117 Å². The summed E-state index contributed by atoms with van der Waals surface area (Å²) < 4.78 is 36.9. The number of rotatable bonds is 28. The van der Waals surface area contributed by atoms with E-state index in [2.05, 4.69) is 36.6 Å². The van der Waals surface area contributed by atoms with Crippen LogP contribution in [0.25, 0.3) is 0 Å². The van der Waals surface area contributed by atoms with E-state index in [0.717, 1.165) is 22.6 Å². The van der Waals surface area contributed by atoms with E-state index in [1.54, 1.807) is 20.9 Å². The number of benzene rings is 2. The molecule has 2 aromatic rings. The van der Waals surface area contributed by atoms with Gasteiger partial charge in [-0.15, -0.1) is 0 Å². The molecule has 2 aromatic carbocycles. The van der Waals surface area contributed by atoms with Crippen molar-refractivity contribution in [1.29, 1.82) is 0 Å². The molecule has 0 aromatic heterocycles. The second kappa shape index (κ2) is 27.8. The van der Waals surface area contributed by atoms with Crippen LogP contribution in [0.3, 0.4) is 0 Å². The van der Waals surface area contributed by atoms with Crippen molar-refractivity contribution in [3.8, 4) is 0 Å². The normalized spacial score (nSPS) is 14.8. The summed E-state index contributed by atoms with van der Waals surface area (Å²) in [5, 5.41) is 15.8. The Labute approximate surface area is 447 Å². The van der Waals surface area contributed by atoms with Gasteiger partial charge in [-0.1, -0.05) is 98.7 Å². The largest absolute Gasteiger partial charge is 0.380 e. The van der Waals surface area contributed by atoms with Crippen molar-refractivity contribution < 1.29 is 56.5 Å². The Balaban J connectivity index is 1.58. The lowest BCUT2D eigenvalue weighted by Gasteiger charge is -2.38. The zero-order valence-electron chi connectivity index (χ0n) is 45.7. The van der Waals surface area contributed by atoms with Crippen molar-refractivity contribution in [3.63, 3.8) is 0 Å². The number of likely N-dealkylation sites (N-methyl/N-ethyl adjacent to an activating group) is 2. The van der Waals surface area contributed by atoms with Crippen molar-refractivity contribution in [3.05, 3.63) is 83.7 Å². The predicted molar refractivity (Wildman–Crippen MR) is 285 cm³/mol. The van der Waals surface area contributed by atoms with E-state index in [0.29, 0.717) is 0 Å². The maximum Gasteiger partial charge on any atom is 0.312 e. The van der Waals surface area contributed by atoms with Gasteiger partial charge in [0.15, 0.2) is 11.0 Å². The number of hydrogen-bond acceptors (Lipinski definition) is 12. The van der Waals surface area contributed by atoms with Crippen molar-refractivity contribution in [2.75, 3.05) is 58.8 Å². The number of primary amides is 1. The molecule has 23 heteroatoms. The maximum atomic E-state index is 15.5. The maximum absolute atomic E-state index is 15.5. The third-order valence-corrected chi connectivity index (χ3v) is 13.4. The molecule has 4 unspecified atom stereocenters. The van der Waals surface area contributed by atoms with Gasteiger partial charge in [-0.2, -0.15) is 0 Å². The molecule has 1 aliphatic rings. The van der Waals surface area contributed by atoms with E-state index in [9.17, 15) is 47.4 Å². The molecule has 1 heterocycles. The fourth-order valence-corrected chi connectivity index (χ4v) is 8.83. The number of nitrogens with zero attached hydrogens (tertiary/aromatic N) is 2. The van der Waals surface area contributed by atoms with Crippen LogP contribution in [-0.2, 0) is 59.5 Å². The van der Waals surface area contributed by atoms with Gasteiger partial charge in [-0.3, -0.25) is 48.0 Å². The van der Waals surface area contributed by atoms with Gasteiger partial charge in [0.1, 0.15) is 17.9 Å². The Morgan fingerprint density at radius 1 is 0.829 bits per heavy atom.